The summed E-state index contributed by atoms with van der Waals surface area (Å²) >= 11 is 0. The van der Waals surface area contributed by atoms with E-state index in [9.17, 15) is 13.2 Å². The highest BCUT2D eigenvalue weighted by Gasteiger charge is 2.30. The summed E-state index contributed by atoms with van der Waals surface area (Å²) in [6.45, 7) is 5.30. The summed E-state index contributed by atoms with van der Waals surface area (Å²) in [5.41, 5.74) is -0.736. The molecule has 0 saturated carbocycles. The molecule has 0 saturated heterocycles. The van der Waals surface area contributed by atoms with E-state index in [1.54, 1.807) is 20.8 Å². The number of H-pyrrole nitrogens is 1. The van der Waals surface area contributed by atoms with Crippen molar-refractivity contribution in [3.05, 3.63) is 28.7 Å². The quantitative estimate of drug-likeness (QED) is 0.842. The van der Waals surface area contributed by atoms with Crippen LogP contribution in [0.2, 0.25) is 0 Å². The number of rotatable bonds is 2. The summed E-state index contributed by atoms with van der Waals surface area (Å²) in [7, 11) is 1.31. The molecular formula is C11H13ClN4O3S. The third-order valence-corrected chi connectivity index (χ3v) is 3.70. The fourth-order valence-electron chi connectivity index (χ4n) is 1.80. The predicted molar refractivity (Wildman–Crippen MR) is 74.1 cm³/mol. The fraction of sp³-hybridized carbons (Fsp3) is 0.364. The highest BCUT2D eigenvalue weighted by atomic mass is 35.7. The number of nitrogens with one attached hydrogen (secondary N) is 1. The van der Waals surface area contributed by atoms with Crippen LogP contribution in [-0.4, -0.2) is 28.2 Å². The second-order valence-electron chi connectivity index (χ2n) is 5.17. The van der Waals surface area contributed by atoms with Gasteiger partial charge in [0.1, 0.15) is 0 Å². The lowest BCUT2D eigenvalue weighted by Gasteiger charge is -2.23. The van der Waals surface area contributed by atoms with Gasteiger partial charge in [-0.2, -0.15) is 0 Å². The molecule has 2 heterocycles. The molecule has 0 bridgehead atoms. The van der Waals surface area contributed by atoms with Crippen molar-refractivity contribution >= 4 is 19.7 Å². The normalized spacial score (nSPS) is 12.6. The zero-order valence-corrected chi connectivity index (χ0v) is 12.7. The lowest BCUT2D eigenvalue weighted by Crippen LogP contribution is -2.26. The Bertz CT molecular complexity index is 802. The van der Waals surface area contributed by atoms with Crippen LogP contribution >= 0.6 is 10.7 Å². The molecule has 2 rings (SSSR count). The number of halogens is 1. The SMILES string of the molecule is CC(C)(C)n1c(-c2c[nH]ccc2=O)nnc1S(=O)(=O)Cl. The van der Waals surface area contributed by atoms with Crippen LogP contribution < -0.4 is 5.43 Å². The molecule has 0 aliphatic carbocycles. The lowest BCUT2D eigenvalue weighted by molar-refractivity contribution is 0.367. The number of aromatic amines is 1. The number of aromatic nitrogens is 4. The Labute approximate surface area is 120 Å². The largest absolute Gasteiger partial charge is 0.367 e. The van der Waals surface area contributed by atoms with Crippen molar-refractivity contribution in [1.82, 2.24) is 19.7 Å². The van der Waals surface area contributed by atoms with Crippen molar-refractivity contribution < 1.29 is 8.42 Å². The van der Waals surface area contributed by atoms with E-state index in [2.05, 4.69) is 15.2 Å². The van der Waals surface area contributed by atoms with Gasteiger partial charge in [-0.25, -0.2) is 8.42 Å². The molecule has 0 aromatic carbocycles. The first-order valence-electron chi connectivity index (χ1n) is 5.70. The molecule has 7 nitrogen and oxygen atoms in total. The zero-order chi connectivity index (χ0) is 15.1. The van der Waals surface area contributed by atoms with E-state index in [0.717, 1.165) is 0 Å². The summed E-state index contributed by atoms with van der Waals surface area (Å²) in [4.78, 5) is 14.6. The Morgan fingerprint density at radius 2 is 1.95 bits per heavy atom. The molecule has 1 N–H and O–H groups in total. The van der Waals surface area contributed by atoms with Crippen molar-refractivity contribution in [2.45, 2.75) is 31.5 Å². The number of hydrogen-bond acceptors (Lipinski definition) is 5. The van der Waals surface area contributed by atoms with E-state index in [0.29, 0.717) is 0 Å². The van der Waals surface area contributed by atoms with Crippen LogP contribution in [0, 0.1) is 0 Å². The van der Waals surface area contributed by atoms with Crippen molar-refractivity contribution in [2.75, 3.05) is 0 Å². The molecule has 0 atom stereocenters. The summed E-state index contributed by atoms with van der Waals surface area (Å²) in [5, 5.41) is 7.04. The second-order valence-corrected chi connectivity index (χ2v) is 7.63. The van der Waals surface area contributed by atoms with Crippen molar-refractivity contribution in [3.63, 3.8) is 0 Å². The maximum Gasteiger partial charge on any atom is 0.296 e. The highest BCUT2D eigenvalue weighted by molar-refractivity contribution is 8.13. The van der Waals surface area contributed by atoms with Crippen LogP contribution in [0.15, 0.2) is 28.4 Å². The Kier molecular flexibility index (Phi) is 3.47. The molecule has 2 aromatic heterocycles. The van der Waals surface area contributed by atoms with E-state index in [1.807, 2.05) is 0 Å². The summed E-state index contributed by atoms with van der Waals surface area (Å²) in [6, 6.07) is 1.33. The van der Waals surface area contributed by atoms with E-state index in [4.69, 9.17) is 10.7 Å². The molecule has 9 heteroatoms. The molecule has 108 valence electrons. The van der Waals surface area contributed by atoms with Gasteiger partial charge in [0.2, 0.25) is 0 Å². The molecule has 0 amide bonds. The van der Waals surface area contributed by atoms with Crippen LogP contribution in [0.5, 0.6) is 0 Å². The minimum absolute atomic E-state index is 0.151. The van der Waals surface area contributed by atoms with Crippen LogP contribution in [0.1, 0.15) is 20.8 Å². The summed E-state index contributed by atoms with van der Waals surface area (Å²) in [6.07, 6.45) is 2.92. The van der Waals surface area contributed by atoms with Crippen molar-refractivity contribution in [3.8, 4) is 11.4 Å². The maximum atomic E-state index is 11.9. The standard InChI is InChI=1S/C11H13ClN4O3S/c1-11(2,3)16-9(7-6-13-5-4-8(7)17)14-15-10(16)20(12,18)19/h4-6H,1-3H3,(H,13,17). The third kappa shape index (κ3) is 2.61. The molecule has 0 unspecified atom stereocenters. The Balaban J connectivity index is 2.84. The fourth-order valence-corrected chi connectivity index (χ4v) is 2.81. The van der Waals surface area contributed by atoms with Gasteiger partial charge in [0.25, 0.3) is 14.2 Å². The van der Waals surface area contributed by atoms with Crippen LogP contribution in [0.4, 0.5) is 0 Å². The Morgan fingerprint density at radius 3 is 2.45 bits per heavy atom. The van der Waals surface area contributed by atoms with Crippen LogP contribution in [-0.2, 0) is 14.6 Å². The van der Waals surface area contributed by atoms with Gasteiger partial charge in [-0.1, -0.05) is 0 Å². The average molecular weight is 317 g/mol. The first-order valence-corrected chi connectivity index (χ1v) is 8.01. The van der Waals surface area contributed by atoms with Crippen LogP contribution in [0.25, 0.3) is 11.4 Å². The van der Waals surface area contributed by atoms with Gasteiger partial charge in [-0.3, -0.25) is 9.36 Å². The zero-order valence-electron chi connectivity index (χ0n) is 11.1. The molecule has 0 aliphatic heterocycles. The summed E-state index contributed by atoms with van der Waals surface area (Å²) in [5.74, 6) is 0.151. The maximum absolute atomic E-state index is 11.9. The molecule has 0 spiro atoms. The van der Waals surface area contributed by atoms with Gasteiger partial charge >= 0.3 is 0 Å². The second kappa shape index (κ2) is 4.71. The average Bonchev–Trinajstić information content (AvgIpc) is 2.73. The van der Waals surface area contributed by atoms with Crippen LogP contribution in [0.3, 0.4) is 0 Å². The van der Waals surface area contributed by atoms with Gasteiger partial charge in [0.15, 0.2) is 11.3 Å². The van der Waals surface area contributed by atoms with Crippen molar-refractivity contribution in [1.29, 1.82) is 0 Å². The first-order chi connectivity index (χ1) is 9.12. The molecule has 0 aliphatic rings. The first kappa shape index (κ1) is 14.7. The van der Waals surface area contributed by atoms with Gasteiger partial charge < -0.3 is 4.98 Å². The smallest absolute Gasteiger partial charge is 0.296 e. The van der Waals surface area contributed by atoms with Gasteiger partial charge in [0.05, 0.1) is 5.56 Å². The third-order valence-electron chi connectivity index (χ3n) is 2.59. The lowest BCUT2D eigenvalue weighted by atomic mass is 10.1. The van der Waals surface area contributed by atoms with Gasteiger partial charge in [-0.15, -0.1) is 10.2 Å². The predicted octanol–water partition coefficient (Wildman–Crippen LogP) is 1.32. The number of pyridine rings is 1. The van der Waals surface area contributed by atoms with E-state index in [-0.39, 0.29) is 22.0 Å². The van der Waals surface area contributed by atoms with E-state index < -0.39 is 14.6 Å². The number of hydrogen-bond donors (Lipinski definition) is 1. The van der Waals surface area contributed by atoms with E-state index in [1.165, 1.54) is 23.0 Å². The molecule has 20 heavy (non-hydrogen) atoms. The minimum atomic E-state index is -4.07. The highest BCUT2D eigenvalue weighted by Crippen LogP contribution is 2.27. The van der Waals surface area contributed by atoms with Crippen molar-refractivity contribution in [2.24, 2.45) is 0 Å². The monoisotopic (exact) mass is 316 g/mol. The minimum Gasteiger partial charge on any atom is -0.367 e. The number of nitrogens with zero attached hydrogens (tertiary/aromatic N) is 3. The van der Waals surface area contributed by atoms with Gasteiger partial charge in [-0.05, 0) is 20.8 Å². The summed E-state index contributed by atoms with van der Waals surface area (Å²) < 4.78 is 24.5. The molecule has 2 aromatic rings. The Hall–Kier alpha value is -1.67. The molecule has 0 radical (unpaired) electrons. The van der Waals surface area contributed by atoms with E-state index >= 15 is 0 Å². The Morgan fingerprint density at radius 1 is 1.30 bits per heavy atom. The molecule has 0 fully saturated rings. The van der Waals surface area contributed by atoms with Gasteiger partial charge in [0, 0.05) is 34.7 Å². The molecular weight excluding hydrogens is 304 g/mol. The topological polar surface area (TPSA) is 97.7 Å².